The van der Waals surface area contributed by atoms with Crippen LogP contribution in [-0.4, -0.2) is 77.3 Å². The number of amides is 1. The van der Waals surface area contributed by atoms with Gasteiger partial charge in [-0.05, 0) is 24.3 Å². The van der Waals surface area contributed by atoms with Gasteiger partial charge in [-0.3, -0.25) is 9.69 Å². The van der Waals surface area contributed by atoms with E-state index >= 15 is 0 Å². The number of aromatic nitrogens is 1. The number of halogens is 1. The molecular formula is C17H20FN3O3. The molecule has 3 heterocycles. The molecule has 0 radical (unpaired) electrons. The van der Waals surface area contributed by atoms with E-state index in [9.17, 15) is 14.3 Å². The van der Waals surface area contributed by atoms with Crippen molar-refractivity contribution in [2.75, 3.05) is 39.4 Å². The summed E-state index contributed by atoms with van der Waals surface area (Å²) >= 11 is 0. The minimum atomic E-state index is -0.561. The van der Waals surface area contributed by atoms with E-state index in [1.165, 1.54) is 12.1 Å². The molecule has 4 rings (SSSR count). The Hall–Kier alpha value is -1.96. The molecule has 1 aromatic carbocycles. The maximum absolute atomic E-state index is 13.3. The number of carbonyl (C=O) groups excluding carboxylic acids is 1. The van der Waals surface area contributed by atoms with Gasteiger partial charge in [-0.1, -0.05) is 0 Å². The normalized spacial score (nSPS) is 25.5. The third-order valence-electron chi connectivity index (χ3n) is 4.87. The maximum Gasteiger partial charge on any atom is 0.270 e. The third kappa shape index (κ3) is 2.79. The molecule has 0 aliphatic carbocycles. The second-order valence-corrected chi connectivity index (χ2v) is 6.41. The zero-order valence-electron chi connectivity index (χ0n) is 13.2. The number of H-pyrrole nitrogens is 1. The standard InChI is InChI=1S/C17H20FN3O3/c18-12-1-2-13-11(7-12)8-14(19-13)17(23)21-9-15(16(22)10-21)20-3-5-24-6-4-20/h1-2,7-8,15-16,19,22H,3-6,9-10H2/t15-,16-/m0/s1. The Labute approximate surface area is 138 Å². The number of nitrogens with one attached hydrogen (secondary N) is 1. The highest BCUT2D eigenvalue weighted by atomic mass is 19.1. The number of likely N-dealkylation sites (tertiary alicyclic amines) is 1. The van der Waals surface area contributed by atoms with Crippen LogP contribution in [0, 0.1) is 5.82 Å². The highest BCUT2D eigenvalue weighted by Gasteiger charge is 2.38. The molecule has 24 heavy (non-hydrogen) atoms. The summed E-state index contributed by atoms with van der Waals surface area (Å²) in [6.07, 6.45) is -0.561. The average molecular weight is 333 g/mol. The van der Waals surface area contributed by atoms with Gasteiger partial charge >= 0.3 is 0 Å². The Morgan fingerprint density at radius 3 is 2.83 bits per heavy atom. The van der Waals surface area contributed by atoms with Crippen LogP contribution in [0.4, 0.5) is 4.39 Å². The van der Waals surface area contributed by atoms with Crippen LogP contribution in [0.25, 0.3) is 10.9 Å². The van der Waals surface area contributed by atoms with Crippen molar-refractivity contribution in [3.63, 3.8) is 0 Å². The number of aliphatic hydroxyl groups excluding tert-OH is 1. The SMILES string of the molecule is O=C(c1cc2cc(F)ccc2[nH]1)N1C[C@H](O)[C@@H](N2CCOCC2)C1. The van der Waals surface area contributed by atoms with Gasteiger partial charge in [0.1, 0.15) is 11.5 Å². The van der Waals surface area contributed by atoms with Crippen LogP contribution in [0.1, 0.15) is 10.5 Å². The highest BCUT2D eigenvalue weighted by molar-refractivity contribution is 5.98. The smallest absolute Gasteiger partial charge is 0.270 e. The molecule has 6 nitrogen and oxygen atoms in total. The summed E-state index contributed by atoms with van der Waals surface area (Å²) in [7, 11) is 0. The molecule has 2 atom stereocenters. The van der Waals surface area contributed by atoms with Crippen LogP contribution in [0.15, 0.2) is 24.3 Å². The molecule has 2 saturated heterocycles. The number of carbonyl (C=O) groups is 1. The number of aromatic amines is 1. The van der Waals surface area contributed by atoms with E-state index in [2.05, 4.69) is 9.88 Å². The van der Waals surface area contributed by atoms with Crippen LogP contribution in [0.2, 0.25) is 0 Å². The van der Waals surface area contributed by atoms with Gasteiger partial charge in [0.15, 0.2) is 0 Å². The zero-order valence-corrected chi connectivity index (χ0v) is 13.2. The fraction of sp³-hybridized carbons (Fsp3) is 0.471. The number of hydrogen-bond acceptors (Lipinski definition) is 4. The molecule has 2 aliphatic heterocycles. The van der Waals surface area contributed by atoms with Gasteiger partial charge in [-0.2, -0.15) is 0 Å². The van der Waals surface area contributed by atoms with Crippen LogP contribution in [0.3, 0.4) is 0 Å². The Kier molecular flexibility index (Phi) is 3.99. The topological polar surface area (TPSA) is 68.8 Å². The van der Waals surface area contributed by atoms with Gasteiger partial charge in [0.2, 0.25) is 0 Å². The zero-order chi connectivity index (χ0) is 16.7. The number of hydrogen-bond donors (Lipinski definition) is 2. The molecule has 128 valence electrons. The van der Waals surface area contributed by atoms with Crippen molar-refractivity contribution in [2.24, 2.45) is 0 Å². The van der Waals surface area contributed by atoms with Crippen molar-refractivity contribution in [2.45, 2.75) is 12.1 Å². The summed E-state index contributed by atoms with van der Waals surface area (Å²) in [5.74, 6) is -0.495. The second kappa shape index (κ2) is 6.16. The summed E-state index contributed by atoms with van der Waals surface area (Å²) in [5, 5.41) is 11.0. The summed E-state index contributed by atoms with van der Waals surface area (Å²) in [6, 6.07) is 5.99. The van der Waals surface area contributed by atoms with E-state index in [-0.39, 0.29) is 17.8 Å². The van der Waals surface area contributed by atoms with E-state index in [1.54, 1.807) is 17.0 Å². The Bertz CT molecular complexity index is 757. The monoisotopic (exact) mass is 333 g/mol. The number of β-amino-alcohol motifs (C(OH)–C–C–N with tert-alkyl or cyclic N) is 1. The van der Waals surface area contributed by atoms with Gasteiger partial charge in [-0.25, -0.2) is 4.39 Å². The lowest BCUT2D eigenvalue weighted by Gasteiger charge is -2.33. The molecule has 0 spiro atoms. The number of morpholine rings is 1. The van der Waals surface area contributed by atoms with Gasteiger partial charge < -0.3 is 19.7 Å². The fourth-order valence-electron chi connectivity index (χ4n) is 3.59. The first-order chi connectivity index (χ1) is 11.6. The van der Waals surface area contributed by atoms with Crippen molar-refractivity contribution in [1.82, 2.24) is 14.8 Å². The minimum absolute atomic E-state index is 0.0559. The summed E-state index contributed by atoms with van der Waals surface area (Å²) in [4.78, 5) is 19.6. The summed E-state index contributed by atoms with van der Waals surface area (Å²) < 4.78 is 18.6. The van der Waals surface area contributed by atoms with Gasteiger partial charge in [0.05, 0.1) is 25.4 Å². The Morgan fingerprint density at radius 2 is 2.04 bits per heavy atom. The lowest BCUT2D eigenvalue weighted by Crippen LogP contribution is -2.49. The molecule has 1 amide bonds. The minimum Gasteiger partial charge on any atom is -0.390 e. The van der Waals surface area contributed by atoms with Gasteiger partial charge in [0.25, 0.3) is 5.91 Å². The molecule has 0 bridgehead atoms. The fourth-order valence-corrected chi connectivity index (χ4v) is 3.59. The van der Waals surface area contributed by atoms with Crippen LogP contribution >= 0.6 is 0 Å². The third-order valence-corrected chi connectivity index (χ3v) is 4.87. The Balaban J connectivity index is 1.51. The van der Waals surface area contributed by atoms with Crippen molar-refractivity contribution in [3.05, 3.63) is 35.8 Å². The molecular weight excluding hydrogens is 313 g/mol. The van der Waals surface area contributed by atoms with Crippen molar-refractivity contribution in [3.8, 4) is 0 Å². The van der Waals surface area contributed by atoms with Crippen LogP contribution in [-0.2, 0) is 4.74 Å². The van der Waals surface area contributed by atoms with E-state index < -0.39 is 6.10 Å². The molecule has 0 unspecified atom stereocenters. The first-order valence-electron chi connectivity index (χ1n) is 8.19. The van der Waals surface area contributed by atoms with Crippen molar-refractivity contribution >= 4 is 16.8 Å². The predicted molar refractivity (Wildman–Crippen MR) is 86.3 cm³/mol. The van der Waals surface area contributed by atoms with E-state index in [0.717, 1.165) is 18.6 Å². The van der Waals surface area contributed by atoms with Crippen LogP contribution < -0.4 is 0 Å². The number of rotatable bonds is 2. The number of fused-ring (bicyclic) bond motifs is 1. The number of benzene rings is 1. The molecule has 1 aromatic heterocycles. The van der Waals surface area contributed by atoms with Crippen molar-refractivity contribution < 1.29 is 19.0 Å². The first-order valence-corrected chi connectivity index (χ1v) is 8.19. The number of aliphatic hydroxyl groups is 1. The lowest BCUT2D eigenvalue weighted by molar-refractivity contribution is -0.00611. The number of ether oxygens (including phenoxy) is 1. The van der Waals surface area contributed by atoms with Gasteiger partial charge in [0, 0.05) is 37.1 Å². The molecule has 2 fully saturated rings. The summed E-state index contributed by atoms with van der Waals surface area (Å²) in [6.45, 7) is 3.66. The second-order valence-electron chi connectivity index (χ2n) is 6.41. The molecule has 2 aliphatic rings. The van der Waals surface area contributed by atoms with E-state index in [1.807, 2.05) is 0 Å². The first kappa shape index (κ1) is 15.6. The lowest BCUT2D eigenvalue weighted by atomic mass is 10.1. The average Bonchev–Trinajstić information content (AvgIpc) is 3.18. The molecule has 0 saturated carbocycles. The van der Waals surface area contributed by atoms with Gasteiger partial charge in [-0.15, -0.1) is 0 Å². The highest BCUT2D eigenvalue weighted by Crippen LogP contribution is 2.22. The van der Waals surface area contributed by atoms with E-state index in [0.29, 0.717) is 37.4 Å². The largest absolute Gasteiger partial charge is 0.390 e. The number of nitrogens with zero attached hydrogens (tertiary/aromatic N) is 2. The van der Waals surface area contributed by atoms with E-state index in [4.69, 9.17) is 4.74 Å². The molecule has 2 N–H and O–H groups in total. The van der Waals surface area contributed by atoms with Crippen LogP contribution in [0.5, 0.6) is 0 Å². The molecule has 7 heteroatoms. The Morgan fingerprint density at radius 1 is 1.25 bits per heavy atom. The molecule has 2 aromatic rings. The van der Waals surface area contributed by atoms with Crippen molar-refractivity contribution in [1.29, 1.82) is 0 Å². The maximum atomic E-state index is 13.3. The predicted octanol–water partition coefficient (Wildman–Crippen LogP) is 0.824. The summed E-state index contributed by atoms with van der Waals surface area (Å²) in [5.41, 5.74) is 1.15. The quantitative estimate of drug-likeness (QED) is 0.854.